The van der Waals surface area contributed by atoms with E-state index in [9.17, 15) is 0 Å². The number of nitrogens with zero attached hydrogens (tertiary/aromatic N) is 6. The van der Waals surface area contributed by atoms with Crippen LogP contribution < -0.4 is 0 Å². The highest BCUT2D eigenvalue weighted by atomic mass is 79.9. The fraction of sp³-hybridized carbons (Fsp3) is 0.200. The van der Waals surface area contributed by atoms with Gasteiger partial charge in [0, 0.05) is 11.8 Å². The fourth-order valence-electron chi connectivity index (χ4n) is 2.38. The van der Waals surface area contributed by atoms with Gasteiger partial charge in [-0.1, -0.05) is 35.1 Å². The number of halogens is 2. The SMILES string of the molecule is Cc1nn([C@@H](C)c2nn3c(-c4ccccc4Cl)nnc3s2)cc1Br. The third kappa shape index (κ3) is 2.54. The fourth-order valence-corrected chi connectivity index (χ4v) is 3.77. The third-order valence-corrected chi connectivity index (χ3v) is 5.91. The zero-order chi connectivity index (χ0) is 16.8. The Hall–Kier alpha value is -1.77. The maximum Gasteiger partial charge on any atom is 0.235 e. The van der Waals surface area contributed by atoms with Crippen LogP contribution in [0.4, 0.5) is 0 Å². The minimum atomic E-state index is 0.000736. The second-order valence-corrected chi connectivity index (χ2v) is 7.61. The van der Waals surface area contributed by atoms with Gasteiger partial charge in [0.2, 0.25) is 4.96 Å². The summed E-state index contributed by atoms with van der Waals surface area (Å²) < 4.78 is 4.61. The largest absolute Gasteiger partial charge is 0.262 e. The first kappa shape index (κ1) is 15.7. The topological polar surface area (TPSA) is 60.9 Å². The van der Waals surface area contributed by atoms with E-state index in [1.807, 2.05) is 42.1 Å². The molecular formula is C15H12BrClN6S. The van der Waals surface area contributed by atoms with Gasteiger partial charge in [0.15, 0.2) is 5.82 Å². The molecule has 0 saturated heterocycles. The summed E-state index contributed by atoms with van der Waals surface area (Å²) in [6.45, 7) is 4.02. The van der Waals surface area contributed by atoms with Crippen LogP contribution in [-0.4, -0.2) is 29.6 Å². The molecule has 0 aliphatic rings. The van der Waals surface area contributed by atoms with Crippen LogP contribution >= 0.6 is 38.9 Å². The molecular weight excluding hydrogens is 412 g/mol. The Morgan fingerprint density at radius 1 is 1.21 bits per heavy atom. The van der Waals surface area contributed by atoms with Gasteiger partial charge in [0.1, 0.15) is 11.0 Å². The van der Waals surface area contributed by atoms with E-state index < -0.39 is 0 Å². The van der Waals surface area contributed by atoms with Crippen LogP contribution in [0.3, 0.4) is 0 Å². The smallest absolute Gasteiger partial charge is 0.235 e. The maximum atomic E-state index is 6.28. The van der Waals surface area contributed by atoms with Crippen molar-refractivity contribution in [1.29, 1.82) is 0 Å². The molecule has 0 spiro atoms. The van der Waals surface area contributed by atoms with Gasteiger partial charge in [-0.2, -0.15) is 14.7 Å². The van der Waals surface area contributed by atoms with Gasteiger partial charge in [-0.3, -0.25) is 4.68 Å². The Morgan fingerprint density at radius 2 is 2.00 bits per heavy atom. The molecule has 0 amide bonds. The molecule has 0 radical (unpaired) electrons. The van der Waals surface area contributed by atoms with Crippen LogP contribution in [-0.2, 0) is 0 Å². The van der Waals surface area contributed by atoms with Crippen molar-refractivity contribution in [3.8, 4) is 11.4 Å². The molecule has 0 aliphatic heterocycles. The summed E-state index contributed by atoms with van der Waals surface area (Å²) in [6, 6.07) is 7.55. The summed E-state index contributed by atoms with van der Waals surface area (Å²) in [6.07, 6.45) is 1.96. The quantitative estimate of drug-likeness (QED) is 0.490. The highest BCUT2D eigenvalue weighted by Crippen LogP contribution is 2.30. The van der Waals surface area contributed by atoms with Crippen LogP contribution in [0, 0.1) is 6.92 Å². The third-order valence-electron chi connectivity index (χ3n) is 3.73. The molecule has 3 heterocycles. The molecule has 1 aromatic carbocycles. The monoisotopic (exact) mass is 422 g/mol. The minimum absolute atomic E-state index is 0.000736. The number of benzene rings is 1. The van der Waals surface area contributed by atoms with Gasteiger partial charge in [-0.25, -0.2) is 0 Å². The lowest BCUT2D eigenvalue weighted by Crippen LogP contribution is -2.08. The van der Waals surface area contributed by atoms with Crippen LogP contribution in [0.25, 0.3) is 16.3 Å². The molecule has 24 heavy (non-hydrogen) atoms. The van der Waals surface area contributed by atoms with Gasteiger partial charge in [-0.15, -0.1) is 10.2 Å². The Balaban J connectivity index is 1.78. The van der Waals surface area contributed by atoms with Crippen molar-refractivity contribution < 1.29 is 0 Å². The van der Waals surface area contributed by atoms with E-state index in [0.717, 1.165) is 25.7 Å². The number of aryl methyl sites for hydroxylation is 1. The van der Waals surface area contributed by atoms with Gasteiger partial charge in [-0.05, 0) is 41.9 Å². The standard InChI is InChI=1S/C15H12BrClN6S/c1-8-11(16)7-22(20-8)9(2)14-21-23-13(18-19-15(23)24-14)10-5-3-4-6-12(10)17/h3-7,9H,1-2H3/t9-/m0/s1. The lowest BCUT2D eigenvalue weighted by molar-refractivity contribution is 0.551. The molecule has 3 aromatic heterocycles. The molecule has 0 bridgehead atoms. The Labute approximate surface area is 155 Å². The molecule has 0 aliphatic carbocycles. The summed E-state index contributed by atoms with van der Waals surface area (Å²) in [5.74, 6) is 0.642. The number of fused-ring (bicyclic) bond motifs is 1. The highest BCUT2D eigenvalue weighted by molar-refractivity contribution is 9.10. The number of aromatic nitrogens is 6. The average molecular weight is 424 g/mol. The first-order chi connectivity index (χ1) is 11.5. The maximum absolute atomic E-state index is 6.28. The van der Waals surface area contributed by atoms with E-state index in [1.54, 1.807) is 4.52 Å². The van der Waals surface area contributed by atoms with Crippen LogP contribution in [0.15, 0.2) is 34.9 Å². The van der Waals surface area contributed by atoms with Crippen molar-refractivity contribution in [3.05, 3.63) is 50.7 Å². The molecule has 1 atom stereocenters. The Morgan fingerprint density at radius 3 is 2.71 bits per heavy atom. The van der Waals surface area contributed by atoms with Crippen molar-refractivity contribution in [2.45, 2.75) is 19.9 Å². The highest BCUT2D eigenvalue weighted by Gasteiger charge is 2.20. The summed E-state index contributed by atoms with van der Waals surface area (Å²) in [5.41, 5.74) is 1.76. The van der Waals surface area contributed by atoms with Crippen LogP contribution in [0.2, 0.25) is 5.02 Å². The summed E-state index contributed by atoms with van der Waals surface area (Å²) in [4.78, 5) is 0.731. The Bertz CT molecular complexity index is 1020. The molecule has 0 saturated carbocycles. The van der Waals surface area contributed by atoms with Gasteiger partial charge in [0.25, 0.3) is 0 Å². The predicted octanol–water partition coefficient (Wildman–Crippen LogP) is 4.38. The molecule has 0 unspecified atom stereocenters. The lowest BCUT2D eigenvalue weighted by Gasteiger charge is -2.07. The predicted molar refractivity (Wildman–Crippen MR) is 97.6 cm³/mol. The van der Waals surface area contributed by atoms with E-state index in [2.05, 4.69) is 43.2 Å². The van der Waals surface area contributed by atoms with Crippen molar-refractivity contribution in [1.82, 2.24) is 29.6 Å². The van der Waals surface area contributed by atoms with Gasteiger partial charge >= 0.3 is 0 Å². The molecule has 0 N–H and O–H groups in total. The zero-order valence-electron chi connectivity index (χ0n) is 12.8. The average Bonchev–Trinajstić information content (AvgIpc) is 3.22. The molecule has 6 nitrogen and oxygen atoms in total. The minimum Gasteiger partial charge on any atom is -0.262 e. The van der Waals surface area contributed by atoms with E-state index in [4.69, 9.17) is 11.6 Å². The van der Waals surface area contributed by atoms with E-state index in [-0.39, 0.29) is 6.04 Å². The number of hydrogen-bond donors (Lipinski definition) is 0. The first-order valence-electron chi connectivity index (χ1n) is 7.23. The van der Waals surface area contributed by atoms with Gasteiger partial charge in [0.05, 0.1) is 15.2 Å². The molecule has 4 aromatic rings. The van der Waals surface area contributed by atoms with E-state index >= 15 is 0 Å². The normalized spacial score (nSPS) is 12.8. The summed E-state index contributed by atoms with van der Waals surface area (Å²) in [5, 5.41) is 19.2. The van der Waals surface area contributed by atoms with Crippen LogP contribution in [0.1, 0.15) is 23.7 Å². The lowest BCUT2D eigenvalue weighted by atomic mass is 10.2. The molecule has 4 rings (SSSR count). The van der Waals surface area contributed by atoms with Crippen molar-refractivity contribution >= 4 is 43.8 Å². The van der Waals surface area contributed by atoms with Crippen molar-refractivity contribution in [2.24, 2.45) is 0 Å². The van der Waals surface area contributed by atoms with Crippen molar-refractivity contribution in [2.75, 3.05) is 0 Å². The Kier molecular flexibility index (Phi) is 3.90. The number of hydrogen-bond acceptors (Lipinski definition) is 5. The molecule has 0 fully saturated rings. The summed E-state index contributed by atoms with van der Waals surface area (Å²) in [7, 11) is 0. The van der Waals surface area contributed by atoms with Crippen molar-refractivity contribution in [3.63, 3.8) is 0 Å². The van der Waals surface area contributed by atoms with E-state index in [0.29, 0.717) is 10.8 Å². The zero-order valence-corrected chi connectivity index (χ0v) is 16.0. The second kappa shape index (κ2) is 5.94. The van der Waals surface area contributed by atoms with Crippen LogP contribution in [0.5, 0.6) is 0 Å². The molecule has 122 valence electrons. The summed E-state index contributed by atoms with van der Waals surface area (Å²) >= 11 is 11.3. The van der Waals surface area contributed by atoms with E-state index in [1.165, 1.54) is 11.3 Å². The van der Waals surface area contributed by atoms with Gasteiger partial charge < -0.3 is 0 Å². The second-order valence-electron chi connectivity index (χ2n) is 5.36. The number of rotatable bonds is 3. The molecule has 9 heteroatoms. The first-order valence-corrected chi connectivity index (χ1v) is 9.21.